The SMILES string of the molecule is O=C(O)c1ccc(-n2nnc(S(=O)(=O)c3cccc(Br)c3)c2-c2ccc(Br)cc2)cc1. The van der Waals surface area contributed by atoms with E-state index in [0.29, 0.717) is 15.7 Å². The Morgan fingerprint density at radius 3 is 2.19 bits per heavy atom. The number of carboxylic acid groups (broad SMARTS) is 1. The Bertz CT molecular complexity index is 1380. The van der Waals surface area contributed by atoms with Gasteiger partial charge in [0.05, 0.1) is 16.1 Å². The second-order valence-corrected chi connectivity index (χ2v) is 10.2. The Kier molecular flexibility index (Phi) is 5.78. The van der Waals surface area contributed by atoms with Crippen LogP contribution in [0.1, 0.15) is 10.4 Å². The van der Waals surface area contributed by atoms with Crippen LogP contribution in [0, 0.1) is 0 Å². The normalized spacial score (nSPS) is 11.4. The van der Waals surface area contributed by atoms with E-state index in [1.165, 1.54) is 28.9 Å². The van der Waals surface area contributed by atoms with Gasteiger partial charge in [-0.3, -0.25) is 0 Å². The van der Waals surface area contributed by atoms with Gasteiger partial charge in [0.25, 0.3) is 0 Å². The summed E-state index contributed by atoms with van der Waals surface area (Å²) >= 11 is 6.68. The highest BCUT2D eigenvalue weighted by molar-refractivity contribution is 9.10. The Hall–Kier alpha value is -2.82. The number of carboxylic acids is 1. The van der Waals surface area contributed by atoms with Gasteiger partial charge in [0, 0.05) is 14.5 Å². The Morgan fingerprint density at radius 1 is 0.903 bits per heavy atom. The van der Waals surface area contributed by atoms with Gasteiger partial charge >= 0.3 is 5.97 Å². The lowest BCUT2D eigenvalue weighted by Gasteiger charge is -2.10. The van der Waals surface area contributed by atoms with Crippen LogP contribution in [0.5, 0.6) is 0 Å². The molecule has 31 heavy (non-hydrogen) atoms. The fourth-order valence-corrected chi connectivity index (χ4v) is 5.16. The van der Waals surface area contributed by atoms with E-state index in [1.54, 1.807) is 48.5 Å². The van der Waals surface area contributed by atoms with Crippen LogP contribution in [-0.2, 0) is 9.84 Å². The van der Waals surface area contributed by atoms with Gasteiger partial charge in [-0.05, 0) is 54.6 Å². The van der Waals surface area contributed by atoms with Gasteiger partial charge in [-0.1, -0.05) is 55.3 Å². The standard InChI is InChI=1S/C21H13Br2N3O4S/c22-15-8-4-13(5-9-15)19-20(31(29,30)18-3-1-2-16(23)12-18)24-25-26(19)17-10-6-14(7-11-17)21(27)28/h1-12H,(H,27,28). The maximum absolute atomic E-state index is 13.4. The molecule has 0 radical (unpaired) electrons. The first kappa shape index (κ1) is 21.4. The summed E-state index contributed by atoms with van der Waals surface area (Å²) < 4.78 is 29.7. The Balaban J connectivity index is 1.95. The monoisotopic (exact) mass is 561 g/mol. The highest BCUT2D eigenvalue weighted by Crippen LogP contribution is 2.33. The molecule has 0 aliphatic rings. The third-order valence-electron chi connectivity index (χ3n) is 4.48. The largest absolute Gasteiger partial charge is 0.478 e. The van der Waals surface area contributed by atoms with Gasteiger partial charge in [-0.2, -0.15) is 0 Å². The molecular formula is C21H13Br2N3O4S. The molecule has 0 saturated carbocycles. The lowest BCUT2D eigenvalue weighted by molar-refractivity contribution is 0.0697. The summed E-state index contributed by atoms with van der Waals surface area (Å²) in [6, 6.07) is 19.4. The van der Waals surface area contributed by atoms with E-state index in [0.717, 1.165) is 4.47 Å². The van der Waals surface area contributed by atoms with Crippen molar-refractivity contribution in [3.8, 4) is 16.9 Å². The number of rotatable bonds is 5. The summed E-state index contributed by atoms with van der Waals surface area (Å²) in [7, 11) is -3.99. The van der Waals surface area contributed by atoms with Crippen LogP contribution >= 0.6 is 31.9 Å². The summed E-state index contributed by atoms with van der Waals surface area (Å²) in [5.74, 6) is -1.06. The maximum atomic E-state index is 13.4. The molecule has 0 bridgehead atoms. The van der Waals surface area contributed by atoms with Crippen molar-refractivity contribution in [1.29, 1.82) is 0 Å². The molecule has 0 fully saturated rings. The van der Waals surface area contributed by atoms with E-state index in [1.807, 2.05) is 0 Å². The first-order valence-corrected chi connectivity index (χ1v) is 11.9. The number of hydrogen-bond acceptors (Lipinski definition) is 5. The molecule has 7 nitrogen and oxygen atoms in total. The molecule has 0 saturated heterocycles. The molecule has 0 spiro atoms. The first-order valence-electron chi connectivity index (χ1n) is 8.83. The summed E-state index contributed by atoms with van der Waals surface area (Å²) in [6.45, 7) is 0. The number of carbonyl (C=O) groups is 1. The molecule has 156 valence electrons. The minimum absolute atomic E-state index is 0.0773. The minimum Gasteiger partial charge on any atom is -0.478 e. The molecule has 0 unspecified atom stereocenters. The second-order valence-electron chi connectivity index (χ2n) is 6.47. The van der Waals surface area contributed by atoms with Crippen LogP contribution in [0.4, 0.5) is 0 Å². The van der Waals surface area contributed by atoms with Crippen molar-refractivity contribution < 1.29 is 18.3 Å². The van der Waals surface area contributed by atoms with Gasteiger partial charge < -0.3 is 5.11 Å². The van der Waals surface area contributed by atoms with Crippen LogP contribution in [0.3, 0.4) is 0 Å². The van der Waals surface area contributed by atoms with Crippen LogP contribution in [0.15, 0.2) is 91.7 Å². The predicted octanol–water partition coefficient (Wildman–Crippen LogP) is 4.99. The van der Waals surface area contributed by atoms with Crippen LogP contribution in [0.25, 0.3) is 16.9 Å². The smallest absolute Gasteiger partial charge is 0.335 e. The molecule has 0 atom stereocenters. The number of aromatic carboxylic acids is 1. The summed E-state index contributed by atoms with van der Waals surface area (Å²) in [5, 5.41) is 17.0. The molecule has 1 aromatic heterocycles. The predicted molar refractivity (Wildman–Crippen MR) is 121 cm³/mol. The Morgan fingerprint density at radius 2 is 1.58 bits per heavy atom. The number of aromatic nitrogens is 3. The number of halogens is 2. The molecule has 0 aliphatic carbocycles. The number of benzene rings is 3. The van der Waals surface area contributed by atoms with Gasteiger partial charge in [-0.15, -0.1) is 5.10 Å². The van der Waals surface area contributed by atoms with Crippen molar-refractivity contribution in [3.05, 3.63) is 87.3 Å². The maximum Gasteiger partial charge on any atom is 0.335 e. The average molecular weight is 563 g/mol. The zero-order valence-electron chi connectivity index (χ0n) is 15.6. The zero-order valence-corrected chi connectivity index (χ0v) is 19.6. The number of sulfone groups is 1. The molecule has 10 heteroatoms. The fraction of sp³-hybridized carbons (Fsp3) is 0. The molecule has 1 N–H and O–H groups in total. The lowest BCUT2D eigenvalue weighted by atomic mass is 10.1. The topological polar surface area (TPSA) is 102 Å². The summed E-state index contributed by atoms with van der Waals surface area (Å²) in [5.41, 5.74) is 1.45. The van der Waals surface area contributed by atoms with Gasteiger partial charge in [0.2, 0.25) is 14.9 Å². The number of nitrogens with zero attached hydrogens (tertiary/aromatic N) is 3. The molecule has 4 aromatic rings. The highest BCUT2D eigenvalue weighted by atomic mass is 79.9. The van der Waals surface area contributed by atoms with Crippen LogP contribution < -0.4 is 0 Å². The third-order valence-corrected chi connectivity index (χ3v) is 7.16. The minimum atomic E-state index is -3.99. The highest BCUT2D eigenvalue weighted by Gasteiger charge is 2.29. The third kappa shape index (κ3) is 4.18. The van der Waals surface area contributed by atoms with Crippen molar-refractivity contribution in [1.82, 2.24) is 15.0 Å². The van der Waals surface area contributed by atoms with E-state index >= 15 is 0 Å². The lowest BCUT2D eigenvalue weighted by Crippen LogP contribution is -2.06. The molecule has 0 amide bonds. The Labute approximate surface area is 194 Å². The van der Waals surface area contributed by atoms with E-state index in [2.05, 4.69) is 42.2 Å². The van der Waals surface area contributed by atoms with Crippen molar-refractivity contribution >= 4 is 47.7 Å². The van der Waals surface area contributed by atoms with Crippen molar-refractivity contribution in [3.63, 3.8) is 0 Å². The molecule has 4 rings (SSSR count). The van der Waals surface area contributed by atoms with Crippen molar-refractivity contribution in [2.45, 2.75) is 9.92 Å². The quantitative estimate of drug-likeness (QED) is 0.367. The van der Waals surface area contributed by atoms with E-state index in [-0.39, 0.29) is 21.2 Å². The molecule has 1 heterocycles. The van der Waals surface area contributed by atoms with Crippen LogP contribution in [-0.4, -0.2) is 34.5 Å². The zero-order chi connectivity index (χ0) is 22.2. The van der Waals surface area contributed by atoms with E-state index in [4.69, 9.17) is 5.11 Å². The average Bonchev–Trinajstić information content (AvgIpc) is 3.20. The van der Waals surface area contributed by atoms with E-state index in [9.17, 15) is 13.2 Å². The van der Waals surface area contributed by atoms with Gasteiger partial charge in [0.15, 0.2) is 0 Å². The van der Waals surface area contributed by atoms with Gasteiger partial charge in [0.1, 0.15) is 5.69 Å². The number of hydrogen-bond donors (Lipinski definition) is 1. The second kappa shape index (κ2) is 8.37. The van der Waals surface area contributed by atoms with Crippen molar-refractivity contribution in [2.24, 2.45) is 0 Å². The molecule has 3 aromatic carbocycles. The first-order chi connectivity index (χ1) is 14.8. The van der Waals surface area contributed by atoms with Crippen LogP contribution in [0.2, 0.25) is 0 Å². The molecular weight excluding hydrogens is 550 g/mol. The van der Waals surface area contributed by atoms with Crippen molar-refractivity contribution in [2.75, 3.05) is 0 Å². The van der Waals surface area contributed by atoms with Gasteiger partial charge in [-0.25, -0.2) is 17.9 Å². The molecule has 0 aliphatic heterocycles. The summed E-state index contributed by atoms with van der Waals surface area (Å²) in [6.07, 6.45) is 0. The summed E-state index contributed by atoms with van der Waals surface area (Å²) in [4.78, 5) is 11.2. The fourth-order valence-electron chi connectivity index (χ4n) is 2.97. The van der Waals surface area contributed by atoms with E-state index < -0.39 is 15.8 Å².